The SMILES string of the molecule is Cc1ccc(Nc2nc(Nc3ccc(NC(=O)CCCCCCC(=O)NO)cc3)ncc2Cl)cc1. The molecule has 0 spiro atoms. The molecule has 0 radical (unpaired) electrons. The van der Waals surface area contributed by atoms with Gasteiger partial charge in [0, 0.05) is 29.9 Å². The van der Waals surface area contributed by atoms with Gasteiger partial charge >= 0.3 is 0 Å². The number of halogens is 1. The van der Waals surface area contributed by atoms with Gasteiger partial charge in [0.2, 0.25) is 17.8 Å². The van der Waals surface area contributed by atoms with Gasteiger partial charge in [0.1, 0.15) is 5.02 Å². The Kier molecular flexibility index (Phi) is 9.82. The summed E-state index contributed by atoms with van der Waals surface area (Å²) in [4.78, 5) is 31.8. The van der Waals surface area contributed by atoms with E-state index in [9.17, 15) is 9.59 Å². The number of amides is 2. The Morgan fingerprint density at radius 3 is 2.06 bits per heavy atom. The van der Waals surface area contributed by atoms with Crippen molar-refractivity contribution < 1.29 is 14.8 Å². The topological polar surface area (TPSA) is 128 Å². The molecule has 10 heteroatoms. The van der Waals surface area contributed by atoms with Crippen molar-refractivity contribution in [3.8, 4) is 0 Å². The number of anilines is 5. The summed E-state index contributed by atoms with van der Waals surface area (Å²) in [6.07, 6.45) is 5.31. The first-order valence-electron chi connectivity index (χ1n) is 11.4. The molecule has 2 aromatic carbocycles. The predicted molar refractivity (Wildman–Crippen MR) is 137 cm³/mol. The smallest absolute Gasteiger partial charge is 0.243 e. The van der Waals surface area contributed by atoms with Crippen molar-refractivity contribution in [1.82, 2.24) is 15.4 Å². The average Bonchev–Trinajstić information content (AvgIpc) is 2.85. The molecule has 35 heavy (non-hydrogen) atoms. The third-order valence-electron chi connectivity index (χ3n) is 5.17. The number of nitrogens with zero attached hydrogens (tertiary/aromatic N) is 2. The fourth-order valence-electron chi connectivity index (χ4n) is 3.26. The van der Waals surface area contributed by atoms with Crippen molar-refractivity contribution in [3.05, 3.63) is 65.3 Å². The molecule has 3 aromatic rings. The number of carbonyl (C=O) groups excluding carboxylic acids is 2. The number of hydrogen-bond acceptors (Lipinski definition) is 7. The van der Waals surface area contributed by atoms with Crippen LogP contribution in [-0.4, -0.2) is 27.0 Å². The van der Waals surface area contributed by atoms with Crippen LogP contribution in [0.25, 0.3) is 0 Å². The number of benzene rings is 2. The lowest BCUT2D eigenvalue weighted by atomic mass is 10.1. The van der Waals surface area contributed by atoms with Gasteiger partial charge in [-0.25, -0.2) is 10.5 Å². The molecule has 0 fully saturated rings. The average molecular weight is 497 g/mol. The molecule has 0 bridgehead atoms. The van der Waals surface area contributed by atoms with Crippen LogP contribution in [0.2, 0.25) is 5.02 Å². The maximum absolute atomic E-state index is 12.2. The first-order chi connectivity index (χ1) is 16.9. The van der Waals surface area contributed by atoms with Crippen molar-refractivity contribution in [2.24, 2.45) is 0 Å². The molecule has 0 aliphatic heterocycles. The second kappa shape index (κ2) is 13.3. The summed E-state index contributed by atoms with van der Waals surface area (Å²) in [5.74, 6) is 0.431. The van der Waals surface area contributed by atoms with E-state index in [0.29, 0.717) is 35.3 Å². The summed E-state index contributed by atoms with van der Waals surface area (Å²) in [7, 11) is 0. The molecule has 0 saturated carbocycles. The van der Waals surface area contributed by atoms with E-state index < -0.39 is 0 Å². The second-order valence-corrected chi connectivity index (χ2v) is 8.49. The molecule has 0 saturated heterocycles. The molecule has 184 valence electrons. The van der Waals surface area contributed by atoms with Crippen LogP contribution in [0.1, 0.15) is 44.1 Å². The fraction of sp³-hybridized carbons (Fsp3) is 0.280. The number of rotatable bonds is 12. The number of nitrogens with one attached hydrogen (secondary N) is 4. The highest BCUT2D eigenvalue weighted by Gasteiger charge is 2.08. The Balaban J connectivity index is 1.46. The third-order valence-corrected chi connectivity index (χ3v) is 5.44. The Morgan fingerprint density at radius 2 is 1.40 bits per heavy atom. The minimum absolute atomic E-state index is 0.0633. The monoisotopic (exact) mass is 496 g/mol. The maximum atomic E-state index is 12.2. The highest BCUT2D eigenvalue weighted by Crippen LogP contribution is 2.25. The van der Waals surface area contributed by atoms with E-state index in [1.807, 2.05) is 43.3 Å². The molecule has 5 N–H and O–H groups in total. The van der Waals surface area contributed by atoms with E-state index in [1.165, 1.54) is 6.20 Å². The summed E-state index contributed by atoms with van der Waals surface area (Å²) in [5.41, 5.74) is 5.10. The first-order valence-corrected chi connectivity index (χ1v) is 11.8. The standard InChI is InChI=1S/C25H29ClN6O3/c1-17-8-10-19(11-9-17)29-24-21(26)16-27-25(31-24)30-20-14-12-18(13-15-20)28-22(33)6-4-2-3-5-7-23(34)32-35/h8-16,35H,2-7H2,1H3,(H,28,33)(H,32,34)(H2,27,29,30,31). The zero-order valence-corrected chi connectivity index (χ0v) is 20.2. The van der Waals surface area contributed by atoms with Crippen LogP contribution in [0.4, 0.5) is 28.8 Å². The second-order valence-electron chi connectivity index (χ2n) is 8.08. The van der Waals surface area contributed by atoms with E-state index in [-0.39, 0.29) is 18.2 Å². The Bertz CT molecular complexity index is 1120. The van der Waals surface area contributed by atoms with Gasteiger partial charge in [0.05, 0.1) is 6.20 Å². The van der Waals surface area contributed by atoms with Gasteiger partial charge in [-0.05, 0) is 56.2 Å². The zero-order chi connectivity index (χ0) is 25.0. The highest BCUT2D eigenvalue weighted by atomic mass is 35.5. The van der Waals surface area contributed by atoms with Crippen LogP contribution in [0.15, 0.2) is 54.7 Å². The van der Waals surface area contributed by atoms with Crippen molar-refractivity contribution in [3.63, 3.8) is 0 Å². The zero-order valence-electron chi connectivity index (χ0n) is 19.5. The first kappa shape index (κ1) is 25.9. The number of aromatic nitrogens is 2. The molecule has 0 atom stereocenters. The summed E-state index contributed by atoms with van der Waals surface area (Å²) < 4.78 is 0. The minimum atomic E-state index is -0.386. The Labute approximate surface area is 209 Å². The maximum Gasteiger partial charge on any atom is 0.243 e. The molecule has 3 rings (SSSR count). The van der Waals surface area contributed by atoms with Crippen LogP contribution in [0, 0.1) is 6.92 Å². The van der Waals surface area contributed by atoms with Gasteiger partial charge in [-0.15, -0.1) is 0 Å². The highest BCUT2D eigenvalue weighted by molar-refractivity contribution is 6.32. The van der Waals surface area contributed by atoms with E-state index in [2.05, 4.69) is 25.9 Å². The fourth-order valence-corrected chi connectivity index (χ4v) is 3.40. The summed E-state index contributed by atoms with van der Waals surface area (Å²) in [6, 6.07) is 15.2. The Hall–Kier alpha value is -3.69. The number of hydrogen-bond donors (Lipinski definition) is 5. The predicted octanol–water partition coefficient (Wildman–Crippen LogP) is 5.71. The third kappa shape index (κ3) is 8.88. The number of aryl methyl sites for hydroxylation is 1. The molecule has 1 heterocycles. The quantitative estimate of drug-likeness (QED) is 0.123. The van der Waals surface area contributed by atoms with Crippen molar-refractivity contribution in [1.29, 1.82) is 0 Å². The minimum Gasteiger partial charge on any atom is -0.339 e. The van der Waals surface area contributed by atoms with Gasteiger partial charge in [-0.3, -0.25) is 14.8 Å². The molecule has 0 aliphatic carbocycles. The van der Waals surface area contributed by atoms with E-state index in [4.69, 9.17) is 16.8 Å². The lowest BCUT2D eigenvalue weighted by Gasteiger charge is -2.11. The number of unbranched alkanes of at least 4 members (excludes halogenated alkanes) is 3. The van der Waals surface area contributed by atoms with Crippen LogP contribution in [-0.2, 0) is 9.59 Å². The number of hydroxylamine groups is 1. The lowest BCUT2D eigenvalue weighted by molar-refractivity contribution is -0.129. The van der Waals surface area contributed by atoms with Crippen molar-refractivity contribution in [2.45, 2.75) is 45.4 Å². The molecule has 0 aliphatic rings. The van der Waals surface area contributed by atoms with Crippen LogP contribution >= 0.6 is 11.6 Å². The van der Waals surface area contributed by atoms with Crippen LogP contribution < -0.4 is 21.4 Å². The van der Waals surface area contributed by atoms with E-state index in [0.717, 1.165) is 36.2 Å². The summed E-state index contributed by atoms with van der Waals surface area (Å²) in [5, 5.41) is 18.1. The van der Waals surface area contributed by atoms with Crippen molar-refractivity contribution in [2.75, 3.05) is 16.0 Å². The summed E-state index contributed by atoms with van der Waals surface area (Å²) >= 11 is 6.25. The van der Waals surface area contributed by atoms with E-state index in [1.54, 1.807) is 17.6 Å². The van der Waals surface area contributed by atoms with Gasteiger partial charge in [0.15, 0.2) is 5.82 Å². The lowest BCUT2D eigenvalue weighted by Crippen LogP contribution is -2.17. The normalized spacial score (nSPS) is 10.5. The van der Waals surface area contributed by atoms with Crippen LogP contribution in [0.3, 0.4) is 0 Å². The molecule has 2 amide bonds. The van der Waals surface area contributed by atoms with Gasteiger partial charge in [-0.2, -0.15) is 4.98 Å². The van der Waals surface area contributed by atoms with Crippen LogP contribution in [0.5, 0.6) is 0 Å². The van der Waals surface area contributed by atoms with Crippen molar-refractivity contribution >= 4 is 52.2 Å². The summed E-state index contributed by atoms with van der Waals surface area (Å²) in [6.45, 7) is 2.02. The molecule has 9 nitrogen and oxygen atoms in total. The van der Waals surface area contributed by atoms with Gasteiger partial charge < -0.3 is 16.0 Å². The van der Waals surface area contributed by atoms with E-state index >= 15 is 0 Å². The molecule has 1 aromatic heterocycles. The molecule has 0 unspecified atom stereocenters. The largest absolute Gasteiger partial charge is 0.339 e. The molecular formula is C25H29ClN6O3. The number of carbonyl (C=O) groups is 2. The Morgan fingerprint density at radius 1 is 0.829 bits per heavy atom. The van der Waals surface area contributed by atoms with Gasteiger partial charge in [-0.1, -0.05) is 42.1 Å². The molecular weight excluding hydrogens is 468 g/mol. The van der Waals surface area contributed by atoms with Gasteiger partial charge in [0.25, 0.3) is 0 Å².